The quantitative estimate of drug-likeness (QED) is 0.853. The van der Waals surface area contributed by atoms with Gasteiger partial charge in [0.05, 0.1) is 12.2 Å². The number of anilines is 1. The third-order valence-electron chi connectivity index (χ3n) is 3.14. The first-order valence-electron chi connectivity index (χ1n) is 6.96. The van der Waals surface area contributed by atoms with Gasteiger partial charge in [0, 0.05) is 6.54 Å². The second kappa shape index (κ2) is 6.78. The Bertz CT molecular complexity index is 665. The molecule has 0 amide bonds. The summed E-state index contributed by atoms with van der Waals surface area (Å²) in [6.07, 6.45) is 1.68. The number of nitrogens with zero attached hydrogens (tertiary/aromatic N) is 1. The van der Waals surface area contributed by atoms with Crippen molar-refractivity contribution in [1.82, 2.24) is 0 Å². The Kier molecular flexibility index (Phi) is 5.03. The minimum atomic E-state index is -3.70. The summed E-state index contributed by atoms with van der Waals surface area (Å²) in [6.45, 7) is 2.62. The SMILES string of the molecule is CCCCN(c1ccccc1)S(=O)(=O)c1ccc(CN)o1. The van der Waals surface area contributed by atoms with Crippen molar-refractivity contribution >= 4 is 15.7 Å². The summed E-state index contributed by atoms with van der Waals surface area (Å²) in [5, 5.41) is -0.0668. The van der Waals surface area contributed by atoms with Crippen molar-refractivity contribution in [1.29, 1.82) is 0 Å². The van der Waals surface area contributed by atoms with Crippen molar-refractivity contribution in [2.24, 2.45) is 5.73 Å². The fraction of sp³-hybridized carbons (Fsp3) is 0.333. The Morgan fingerprint density at radius 3 is 2.43 bits per heavy atom. The Morgan fingerprint density at radius 1 is 1.14 bits per heavy atom. The van der Waals surface area contributed by atoms with Crippen LogP contribution < -0.4 is 10.0 Å². The number of unbranched alkanes of at least 4 members (excludes halogenated alkanes) is 1. The van der Waals surface area contributed by atoms with Crippen LogP contribution in [0.2, 0.25) is 0 Å². The van der Waals surface area contributed by atoms with E-state index in [0.29, 0.717) is 18.0 Å². The molecule has 0 aliphatic heterocycles. The van der Waals surface area contributed by atoms with Gasteiger partial charge in [0.15, 0.2) is 0 Å². The summed E-state index contributed by atoms with van der Waals surface area (Å²) < 4.78 is 32.2. The van der Waals surface area contributed by atoms with Crippen LogP contribution in [0.5, 0.6) is 0 Å². The molecule has 0 aliphatic carbocycles. The molecule has 0 bridgehead atoms. The molecular weight excluding hydrogens is 288 g/mol. The first-order valence-corrected chi connectivity index (χ1v) is 8.40. The molecule has 0 saturated heterocycles. The zero-order chi connectivity index (χ0) is 15.3. The van der Waals surface area contributed by atoms with E-state index in [1.54, 1.807) is 18.2 Å². The van der Waals surface area contributed by atoms with Crippen LogP contribution in [-0.4, -0.2) is 15.0 Å². The number of benzene rings is 1. The van der Waals surface area contributed by atoms with Crippen molar-refractivity contribution in [3.8, 4) is 0 Å². The van der Waals surface area contributed by atoms with E-state index in [1.807, 2.05) is 25.1 Å². The molecule has 2 N–H and O–H groups in total. The first kappa shape index (κ1) is 15.6. The lowest BCUT2D eigenvalue weighted by molar-refractivity contribution is 0.415. The van der Waals surface area contributed by atoms with Crippen LogP contribution in [0.25, 0.3) is 0 Å². The molecule has 0 atom stereocenters. The summed E-state index contributed by atoms with van der Waals surface area (Å²) in [5.74, 6) is 0.456. The fourth-order valence-electron chi connectivity index (χ4n) is 2.00. The van der Waals surface area contributed by atoms with Gasteiger partial charge in [-0.3, -0.25) is 4.31 Å². The molecule has 0 saturated carbocycles. The maximum absolute atomic E-state index is 12.8. The Hall–Kier alpha value is -1.79. The normalized spacial score (nSPS) is 11.5. The third kappa shape index (κ3) is 3.46. The molecule has 0 fully saturated rings. The molecule has 114 valence electrons. The monoisotopic (exact) mass is 308 g/mol. The molecule has 0 unspecified atom stereocenters. The highest BCUT2D eigenvalue weighted by Gasteiger charge is 2.27. The van der Waals surface area contributed by atoms with E-state index in [4.69, 9.17) is 10.2 Å². The number of rotatable bonds is 7. The first-order chi connectivity index (χ1) is 10.1. The third-order valence-corrected chi connectivity index (χ3v) is 4.84. The molecule has 21 heavy (non-hydrogen) atoms. The highest BCUT2D eigenvalue weighted by atomic mass is 32.2. The summed E-state index contributed by atoms with van der Waals surface area (Å²) in [4.78, 5) is 0. The van der Waals surface area contributed by atoms with Crippen LogP contribution in [0.3, 0.4) is 0 Å². The van der Waals surface area contributed by atoms with E-state index in [9.17, 15) is 8.42 Å². The predicted octanol–water partition coefficient (Wildman–Crippen LogP) is 2.73. The molecule has 1 heterocycles. The van der Waals surface area contributed by atoms with Gasteiger partial charge in [-0.05, 0) is 30.7 Å². The predicted molar refractivity (Wildman–Crippen MR) is 82.5 cm³/mol. The molecule has 2 aromatic rings. The highest BCUT2D eigenvalue weighted by Crippen LogP contribution is 2.25. The second-order valence-electron chi connectivity index (χ2n) is 4.69. The van der Waals surface area contributed by atoms with Gasteiger partial charge in [0.25, 0.3) is 10.0 Å². The van der Waals surface area contributed by atoms with Crippen LogP contribution in [-0.2, 0) is 16.6 Å². The zero-order valence-corrected chi connectivity index (χ0v) is 12.8. The second-order valence-corrected chi connectivity index (χ2v) is 6.48. The number of para-hydroxylation sites is 1. The number of nitrogens with two attached hydrogens (primary N) is 1. The topological polar surface area (TPSA) is 76.5 Å². The fourth-order valence-corrected chi connectivity index (χ4v) is 3.44. The highest BCUT2D eigenvalue weighted by molar-refractivity contribution is 7.92. The van der Waals surface area contributed by atoms with Crippen molar-refractivity contribution in [3.05, 3.63) is 48.2 Å². The smallest absolute Gasteiger partial charge is 0.297 e. The maximum Gasteiger partial charge on any atom is 0.297 e. The largest absolute Gasteiger partial charge is 0.446 e. The average Bonchev–Trinajstić information content (AvgIpc) is 2.98. The van der Waals surface area contributed by atoms with Gasteiger partial charge in [-0.2, -0.15) is 8.42 Å². The van der Waals surface area contributed by atoms with E-state index < -0.39 is 10.0 Å². The van der Waals surface area contributed by atoms with Crippen molar-refractivity contribution in [2.75, 3.05) is 10.8 Å². The van der Waals surface area contributed by atoms with Crippen molar-refractivity contribution in [2.45, 2.75) is 31.4 Å². The standard InChI is InChI=1S/C15H20N2O3S/c1-2-3-11-17(13-7-5-4-6-8-13)21(18,19)15-10-9-14(12-16)20-15/h4-10H,2-3,11-12,16H2,1H3. The lowest BCUT2D eigenvalue weighted by Crippen LogP contribution is -2.31. The molecule has 5 nitrogen and oxygen atoms in total. The van der Waals surface area contributed by atoms with Gasteiger partial charge in [-0.15, -0.1) is 0 Å². The van der Waals surface area contributed by atoms with E-state index in [1.165, 1.54) is 10.4 Å². The van der Waals surface area contributed by atoms with Gasteiger partial charge in [0.1, 0.15) is 5.76 Å². The summed E-state index contributed by atoms with van der Waals surface area (Å²) in [6, 6.07) is 12.1. The molecule has 1 aromatic heterocycles. The zero-order valence-electron chi connectivity index (χ0n) is 12.0. The molecule has 0 radical (unpaired) electrons. The van der Waals surface area contributed by atoms with Crippen LogP contribution in [0, 0.1) is 0 Å². The van der Waals surface area contributed by atoms with Crippen LogP contribution in [0.15, 0.2) is 52.0 Å². The molecule has 0 aliphatic rings. The minimum absolute atomic E-state index is 0.0668. The number of hydrogen-bond acceptors (Lipinski definition) is 4. The molecule has 0 spiro atoms. The van der Waals surface area contributed by atoms with Crippen molar-refractivity contribution < 1.29 is 12.8 Å². The molecule has 1 aromatic carbocycles. The van der Waals surface area contributed by atoms with E-state index in [2.05, 4.69) is 0 Å². The Morgan fingerprint density at radius 2 is 1.86 bits per heavy atom. The minimum Gasteiger partial charge on any atom is -0.446 e. The van der Waals surface area contributed by atoms with Crippen LogP contribution in [0.4, 0.5) is 5.69 Å². The number of hydrogen-bond donors (Lipinski definition) is 1. The van der Waals surface area contributed by atoms with E-state index in [-0.39, 0.29) is 11.6 Å². The van der Waals surface area contributed by atoms with Gasteiger partial charge in [-0.25, -0.2) is 0 Å². The Balaban J connectivity index is 2.39. The number of sulfonamides is 1. The Labute approximate surface area is 125 Å². The van der Waals surface area contributed by atoms with Gasteiger partial charge < -0.3 is 10.2 Å². The lowest BCUT2D eigenvalue weighted by atomic mass is 10.3. The van der Waals surface area contributed by atoms with Crippen LogP contribution >= 0.6 is 0 Å². The van der Waals surface area contributed by atoms with Gasteiger partial charge in [0.2, 0.25) is 5.09 Å². The average molecular weight is 308 g/mol. The van der Waals surface area contributed by atoms with Gasteiger partial charge in [-0.1, -0.05) is 31.5 Å². The maximum atomic E-state index is 12.8. The van der Waals surface area contributed by atoms with Crippen molar-refractivity contribution in [3.63, 3.8) is 0 Å². The lowest BCUT2D eigenvalue weighted by Gasteiger charge is -2.23. The molecule has 2 rings (SSSR count). The van der Waals surface area contributed by atoms with E-state index in [0.717, 1.165) is 12.8 Å². The molecule has 6 heteroatoms. The van der Waals surface area contributed by atoms with E-state index >= 15 is 0 Å². The summed E-state index contributed by atoms with van der Waals surface area (Å²) in [7, 11) is -3.70. The summed E-state index contributed by atoms with van der Waals surface area (Å²) in [5.41, 5.74) is 6.11. The number of furan rings is 1. The van der Waals surface area contributed by atoms with Gasteiger partial charge >= 0.3 is 0 Å². The van der Waals surface area contributed by atoms with Crippen LogP contribution in [0.1, 0.15) is 25.5 Å². The summed E-state index contributed by atoms with van der Waals surface area (Å²) >= 11 is 0. The molecular formula is C15H20N2O3S.